The number of hydrogen-bond acceptors (Lipinski definition) is 5. The number of aromatic nitrogens is 2. The monoisotopic (exact) mass is 281 g/mol. The second-order valence-electron chi connectivity index (χ2n) is 6.75. The summed E-state index contributed by atoms with van der Waals surface area (Å²) in [5.41, 5.74) is 6.12. The molecule has 0 radical (unpaired) electrons. The van der Waals surface area contributed by atoms with Gasteiger partial charge in [0.2, 0.25) is 11.7 Å². The minimum absolute atomic E-state index is 0.0637. The Bertz CT molecular complexity index is 425. The molecule has 20 heavy (non-hydrogen) atoms. The summed E-state index contributed by atoms with van der Waals surface area (Å²) in [6.07, 6.45) is 4.31. The molecule has 0 spiro atoms. The molecule has 1 fully saturated rings. The van der Waals surface area contributed by atoms with E-state index in [1.54, 1.807) is 0 Å². The number of ether oxygens (including phenoxy) is 1. The predicted octanol–water partition coefficient (Wildman–Crippen LogP) is 3.18. The maximum Gasteiger partial charge on any atom is 0.231 e. The predicted molar refractivity (Wildman–Crippen MR) is 77.3 cm³/mol. The molecule has 114 valence electrons. The lowest BCUT2D eigenvalue weighted by molar-refractivity contribution is -0.0203. The van der Waals surface area contributed by atoms with Gasteiger partial charge in [0.15, 0.2) is 0 Å². The first-order valence-electron chi connectivity index (χ1n) is 7.64. The summed E-state index contributed by atoms with van der Waals surface area (Å²) in [5, 5.41) is 4.14. The van der Waals surface area contributed by atoms with Crippen molar-refractivity contribution in [3.05, 3.63) is 11.7 Å². The van der Waals surface area contributed by atoms with E-state index >= 15 is 0 Å². The van der Waals surface area contributed by atoms with E-state index in [-0.39, 0.29) is 23.5 Å². The third-order valence-electron chi connectivity index (χ3n) is 3.95. The van der Waals surface area contributed by atoms with Gasteiger partial charge in [-0.05, 0) is 25.2 Å². The second-order valence-corrected chi connectivity index (χ2v) is 6.75. The van der Waals surface area contributed by atoms with Crippen LogP contribution >= 0.6 is 0 Å². The van der Waals surface area contributed by atoms with Crippen LogP contribution < -0.4 is 5.73 Å². The van der Waals surface area contributed by atoms with Gasteiger partial charge in [-0.2, -0.15) is 4.98 Å². The minimum atomic E-state index is -0.148. The van der Waals surface area contributed by atoms with Gasteiger partial charge in [0.25, 0.3) is 0 Å². The van der Waals surface area contributed by atoms with Crippen molar-refractivity contribution in [1.29, 1.82) is 0 Å². The lowest BCUT2D eigenvalue weighted by Gasteiger charge is -2.27. The Hall–Kier alpha value is -0.940. The van der Waals surface area contributed by atoms with Crippen LogP contribution in [-0.2, 0) is 4.74 Å². The van der Waals surface area contributed by atoms with Crippen molar-refractivity contribution in [3.8, 4) is 0 Å². The molecule has 1 aliphatic carbocycles. The van der Waals surface area contributed by atoms with Gasteiger partial charge in [0.1, 0.15) is 6.10 Å². The fourth-order valence-electron chi connectivity index (χ4n) is 2.85. The normalized spacial score (nSPS) is 25.6. The van der Waals surface area contributed by atoms with Crippen LogP contribution in [0, 0.1) is 5.41 Å². The lowest BCUT2D eigenvalue weighted by Crippen LogP contribution is -2.31. The summed E-state index contributed by atoms with van der Waals surface area (Å²) in [6.45, 7) is 8.98. The van der Waals surface area contributed by atoms with E-state index in [1.807, 2.05) is 6.92 Å². The number of hydrogen-bond donors (Lipinski definition) is 1. The van der Waals surface area contributed by atoms with Crippen LogP contribution in [0.2, 0.25) is 0 Å². The third-order valence-corrected chi connectivity index (χ3v) is 3.95. The fraction of sp³-hybridized carbons (Fsp3) is 0.867. The van der Waals surface area contributed by atoms with E-state index in [1.165, 1.54) is 12.8 Å². The molecule has 5 nitrogen and oxygen atoms in total. The number of rotatable bonds is 4. The van der Waals surface area contributed by atoms with Gasteiger partial charge in [-0.1, -0.05) is 38.8 Å². The molecule has 0 aliphatic heterocycles. The smallest absolute Gasteiger partial charge is 0.231 e. The van der Waals surface area contributed by atoms with Crippen LogP contribution in [0.4, 0.5) is 0 Å². The first kappa shape index (κ1) is 15.4. The Balaban J connectivity index is 2.18. The lowest BCUT2D eigenvalue weighted by atomic mass is 9.85. The molecule has 1 aromatic heterocycles. The van der Waals surface area contributed by atoms with Crippen molar-refractivity contribution in [3.63, 3.8) is 0 Å². The zero-order valence-corrected chi connectivity index (χ0v) is 13.1. The molecular formula is C15H27N3O2. The van der Waals surface area contributed by atoms with Gasteiger partial charge in [-0.3, -0.25) is 0 Å². The zero-order chi connectivity index (χ0) is 14.8. The highest BCUT2D eigenvalue weighted by atomic mass is 16.5. The number of nitrogens with zero attached hydrogens (tertiary/aromatic N) is 2. The van der Waals surface area contributed by atoms with Crippen LogP contribution in [0.1, 0.15) is 77.1 Å². The largest absolute Gasteiger partial charge is 0.370 e. The van der Waals surface area contributed by atoms with Gasteiger partial charge in [0, 0.05) is 12.6 Å². The van der Waals surface area contributed by atoms with Crippen LogP contribution in [0.15, 0.2) is 4.52 Å². The van der Waals surface area contributed by atoms with Crippen LogP contribution in [0.5, 0.6) is 0 Å². The Labute approximate surface area is 121 Å². The topological polar surface area (TPSA) is 74.2 Å². The Morgan fingerprint density at radius 2 is 2.05 bits per heavy atom. The van der Waals surface area contributed by atoms with Crippen LogP contribution in [-0.4, -0.2) is 22.8 Å². The van der Waals surface area contributed by atoms with E-state index < -0.39 is 0 Å². The average molecular weight is 281 g/mol. The van der Waals surface area contributed by atoms with Crippen molar-refractivity contribution in [2.75, 3.05) is 6.61 Å². The summed E-state index contributed by atoms with van der Waals surface area (Å²) in [6, 6.07) is 0.136. The van der Waals surface area contributed by atoms with Crippen molar-refractivity contribution in [1.82, 2.24) is 10.1 Å². The SMILES string of the molecule is CCOC(c1noc(C2CCCCC2N)n1)C(C)(C)C. The highest BCUT2D eigenvalue weighted by Crippen LogP contribution is 2.36. The molecule has 3 unspecified atom stereocenters. The van der Waals surface area contributed by atoms with Gasteiger partial charge < -0.3 is 15.0 Å². The van der Waals surface area contributed by atoms with Gasteiger partial charge in [-0.25, -0.2) is 0 Å². The molecule has 0 saturated heterocycles. The average Bonchev–Trinajstić information content (AvgIpc) is 2.84. The van der Waals surface area contributed by atoms with Crippen LogP contribution in [0.3, 0.4) is 0 Å². The Morgan fingerprint density at radius 1 is 1.35 bits per heavy atom. The molecule has 0 bridgehead atoms. The quantitative estimate of drug-likeness (QED) is 0.917. The van der Waals surface area contributed by atoms with Gasteiger partial charge in [-0.15, -0.1) is 0 Å². The standard InChI is InChI=1S/C15H27N3O2/c1-5-19-12(15(2,3)4)13-17-14(20-18-13)10-8-6-7-9-11(10)16/h10-12H,5-9,16H2,1-4H3. The first-order valence-corrected chi connectivity index (χ1v) is 7.64. The second kappa shape index (κ2) is 6.22. The maximum atomic E-state index is 6.18. The number of nitrogens with two attached hydrogens (primary N) is 1. The highest BCUT2D eigenvalue weighted by Gasteiger charge is 2.34. The molecule has 0 amide bonds. The Kier molecular flexibility index (Phi) is 4.81. The van der Waals surface area contributed by atoms with E-state index in [0.29, 0.717) is 18.3 Å². The molecule has 3 atom stereocenters. The summed E-state index contributed by atoms with van der Waals surface area (Å²) in [5.74, 6) is 1.53. The summed E-state index contributed by atoms with van der Waals surface area (Å²) < 4.78 is 11.3. The molecule has 1 saturated carbocycles. The summed E-state index contributed by atoms with van der Waals surface area (Å²) in [4.78, 5) is 4.59. The molecule has 2 N–H and O–H groups in total. The van der Waals surface area contributed by atoms with E-state index in [0.717, 1.165) is 12.8 Å². The first-order chi connectivity index (χ1) is 9.43. The summed E-state index contributed by atoms with van der Waals surface area (Å²) in [7, 11) is 0. The van der Waals surface area contributed by atoms with Gasteiger partial charge >= 0.3 is 0 Å². The fourth-order valence-corrected chi connectivity index (χ4v) is 2.85. The molecular weight excluding hydrogens is 254 g/mol. The van der Waals surface area contributed by atoms with Crippen molar-refractivity contribution < 1.29 is 9.26 Å². The third kappa shape index (κ3) is 3.38. The van der Waals surface area contributed by atoms with Crippen molar-refractivity contribution in [2.45, 2.75) is 71.4 Å². The van der Waals surface area contributed by atoms with Gasteiger partial charge in [0.05, 0.1) is 5.92 Å². The van der Waals surface area contributed by atoms with Crippen molar-refractivity contribution in [2.24, 2.45) is 11.1 Å². The van der Waals surface area contributed by atoms with Crippen molar-refractivity contribution >= 4 is 0 Å². The molecule has 1 heterocycles. The molecule has 2 rings (SSSR count). The molecule has 0 aromatic carbocycles. The van der Waals surface area contributed by atoms with E-state index in [4.69, 9.17) is 15.0 Å². The zero-order valence-electron chi connectivity index (χ0n) is 13.1. The minimum Gasteiger partial charge on any atom is -0.370 e. The maximum absolute atomic E-state index is 6.18. The highest BCUT2D eigenvalue weighted by molar-refractivity contribution is 5.03. The summed E-state index contributed by atoms with van der Waals surface area (Å²) >= 11 is 0. The molecule has 1 aromatic rings. The van der Waals surface area contributed by atoms with E-state index in [9.17, 15) is 0 Å². The molecule has 1 aliphatic rings. The van der Waals surface area contributed by atoms with E-state index in [2.05, 4.69) is 30.9 Å². The molecule has 5 heteroatoms. The van der Waals surface area contributed by atoms with Crippen LogP contribution in [0.25, 0.3) is 0 Å². The Morgan fingerprint density at radius 3 is 2.65 bits per heavy atom.